The predicted octanol–water partition coefficient (Wildman–Crippen LogP) is 2.32. The van der Waals surface area contributed by atoms with Crippen LogP contribution in [0.1, 0.15) is 60.9 Å². The highest BCUT2D eigenvalue weighted by Crippen LogP contribution is 2.32. The fourth-order valence-electron chi connectivity index (χ4n) is 3.62. The molecule has 1 saturated carbocycles. The molecule has 1 aliphatic heterocycles. The molecular weight excluding hydrogens is 306 g/mol. The van der Waals surface area contributed by atoms with Crippen molar-refractivity contribution in [3.63, 3.8) is 0 Å². The first-order chi connectivity index (χ1) is 11.5. The molecule has 0 radical (unpaired) electrons. The summed E-state index contributed by atoms with van der Waals surface area (Å²) in [6.45, 7) is 0.214. The smallest absolute Gasteiger partial charge is 0.325 e. The molecule has 1 saturated heterocycles. The number of benzene rings is 1. The number of nitrogens with zero attached hydrogens (tertiary/aromatic N) is 1. The van der Waals surface area contributed by atoms with Gasteiger partial charge in [-0.2, -0.15) is 0 Å². The fraction of sp³-hybridized carbons (Fsp3) is 0.500. The highest BCUT2D eigenvalue weighted by molar-refractivity contribution is 6.07. The third-order valence-electron chi connectivity index (χ3n) is 5.03. The van der Waals surface area contributed by atoms with Crippen molar-refractivity contribution in [2.45, 2.75) is 57.0 Å². The lowest BCUT2D eigenvalue weighted by Gasteiger charge is -2.28. The van der Waals surface area contributed by atoms with Gasteiger partial charge in [0.1, 0.15) is 5.54 Å². The van der Waals surface area contributed by atoms with E-state index in [9.17, 15) is 14.4 Å². The van der Waals surface area contributed by atoms with Crippen LogP contribution in [-0.4, -0.2) is 28.3 Å². The number of nitrogens with one attached hydrogen (secondary N) is 1. The molecule has 1 heterocycles. The van der Waals surface area contributed by atoms with Gasteiger partial charge in [-0.3, -0.25) is 14.5 Å². The van der Waals surface area contributed by atoms with Gasteiger partial charge in [0, 0.05) is 5.56 Å². The number of hydrogen-bond donors (Lipinski definition) is 2. The number of imide groups is 1. The Morgan fingerprint density at radius 3 is 2.21 bits per heavy atom. The first kappa shape index (κ1) is 16.5. The molecule has 3 rings (SSSR count). The Bertz CT molecular complexity index is 646. The van der Waals surface area contributed by atoms with Crippen molar-refractivity contribution in [2.24, 2.45) is 5.73 Å². The first-order valence-corrected chi connectivity index (χ1v) is 8.55. The SMILES string of the molecule is NC(=O)c1ccc(CN2C(=O)NC3(CCCCCCC3)C2=O)cc1. The number of urea groups is 1. The molecule has 1 aromatic rings. The van der Waals surface area contributed by atoms with Crippen molar-refractivity contribution in [1.82, 2.24) is 10.2 Å². The summed E-state index contributed by atoms with van der Waals surface area (Å²) in [4.78, 5) is 37.7. The third-order valence-corrected chi connectivity index (χ3v) is 5.03. The first-order valence-electron chi connectivity index (χ1n) is 8.55. The minimum Gasteiger partial charge on any atom is -0.366 e. The van der Waals surface area contributed by atoms with Crippen molar-refractivity contribution in [1.29, 1.82) is 0 Å². The second-order valence-electron chi connectivity index (χ2n) is 6.73. The zero-order valence-electron chi connectivity index (χ0n) is 13.7. The number of primary amides is 1. The van der Waals surface area contributed by atoms with Gasteiger partial charge in [0.05, 0.1) is 6.54 Å². The van der Waals surface area contributed by atoms with Crippen LogP contribution in [0, 0.1) is 0 Å². The highest BCUT2D eigenvalue weighted by atomic mass is 16.2. The summed E-state index contributed by atoms with van der Waals surface area (Å²) in [5.74, 6) is -0.613. The van der Waals surface area contributed by atoms with Crippen molar-refractivity contribution >= 4 is 17.8 Å². The maximum absolute atomic E-state index is 12.9. The standard InChI is InChI=1S/C18H23N3O3/c19-15(22)14-8-6-13(7-9-14)12-21-16(23)18(20-17(21)24)10-4-2-1-3-5-11-18/h6-9H,1-5,10-12H2,(H2,19,22)(H,20,24). The normalized spacial score (nSPS) is 20.6. The van der Waals surface area contributed by atoms with E-state index >= 15 is 0 Å². The van der Waals surface area contributed by atoms with Crippen molar-refractivity contribution in [3.8, 4) is 0 Å². The van der Waals surface area contributed by atoms with E-state index in [1.165, 1.54) is 11.3 Å². The van der Waals surface area contributed by atoms with E-state index in [-0.39, 0.29) is 18.5 Å². The topological polar surface area (TPSA) is 92.5 Å². The zero-order valence-corrected chi connectivity index (χ0v) is 13.7. The summed E-state index contributed by atoms with van der Waals surface area (Å²) in [6, 6.07) is 6.36. The van der Waals surface area contributed by atoms with Gasteiger partial charge in [0.25, 0.3) is 5.91 Å². The van der Waals surface area contributed by atoms with Crippen LogP contribution in [0.25, 0.3) is 0 Å². The molecule has 2 fully saturated rings. The van der Waals surface area contributed by atoms with Gasteiger partial charge in [-0.05, 0) is 30.5 Å². The lowest BCUT2D eigenvalue weighted by atomic mass is 9.84. The summed E-state index contributed by atoms with van der Waals surface area (Å²) in [6.07, 6.45) is 6.79. The van der Waals surface area contributed by atoms with Crippen molar-refractivity contribution in [2.75, 3.05) is 0 Å². The van der Waals surface area contributed by atoms with Crippen LogP contribution >= 0.6 is 0 Å². The minimum atomic E-state index is -0.718. The van der Waals surface area contributed by atoms with Crippen LogP contribution in [-0.2, 0) is 11.3 Å². The molecule has 3 N–H and O–H groups in total. The number of nitrogens with two attached hydrogens (primary N) is 1. The molecule has 4 amide bonds. The Labute approximate surface area is 141 Å². The average Bonchev–Trinajstić information content (AvgIpc) is 2.77. The molecule has 24 heavy (non-hydrogen) atoms. The van der Waals surface area contributed by atoms with Crippen LogP contribution in [0.5, 0.6) is 0 Å². The quantitative estimate of drug-likeness (QED) is 0.834. The Morgan fingerprint density at radius 2 is 1.62 bits per heavy atom. The van der Waals surface area contributed by atoms with Gasteiger partial charge in [0.2, 0.25) is 5.91 Å². The van der Waals surface area contributed by atoms with E-state index in [4.69, 9.17) is 5.73 Å². The molecule has 6 nitrogen and oxygen atoms in total. The van der Waals surface area contributed by atoms with Crippen LogP contribution in [0.3, 0.4) is 0 Å². The average molecular weight is 329 g/mol. The van der Waals surface area contributed by atoms with E-state index in [1.54, 1.807) is 24.3 Å². The van der Waals surface area contributed by atoms with Crippen molar-refractivity contribution in [3.05, 3.63) is 35.4 Å². The molecule has 0 atom stereocenters. The van der Waals surface area contributed by atoms with Crippen LogP contribution < -0.4 is 11.1 Å². The zero-order chi connectivity index (χ0) is 17.2. The molecule has 2 aliphatic rings. The van der Waals surface area contributed by atoms with Gasteiger partial charge >= 0.3 is 6.03 Å². The lowest BCUT2D eigenvalue weighted by molar-refractivity contribution is -0.132. The fourth-order valence-corrected chi connectivity index (χ4v) is 3.62. The lowest BCUT2D eigenvalue weighted by Crippen LogP contribution is -2.47. The highest BCUT2D eigenvalue weighted by Gasteiger charge is 2.50. The van der Waals surface area contributed by atoms with Crippen LogP contribution in [0.2, 0.25) is 0 Å². The molecule has 1 spiro atoms. The number of carbonyl (C=O) groups excluding carboxylic acids is 3. The summed E-state index contributed by atoms with van der Waals surface area (Å²) in [5, 5.41) is 2.95. The van der Waals surface area contributed by atoms with Crippen LogP contribution in [0.15, 0.2) is 24.3 Å². The van der Waals surface area contributed by atoms with Gasteiger partial charge < -0.3 is 11.1 Å². The summed E-state index contributed by atoms with van der Waals surface area (Å²) >= 11 is 0. The van der Waals surface area contributed by atoms with Gasteiger partial charge in [-0.15, -0.1) is 0 Å². The third kappa shape index (κ3) is 3.13. The van der Waals surface area contributed by atoms with E-state index in [2.05, 4.69) is 5.32 Å². The molecule has 0 bridgehead atoms. The predicted molar refractivity (Wildman–Crippen MR) is 89.1 cm³/mol. The monoisotopic (exact) mass is 329 g/mol. The second kappa shape index (κ2) is 6.63. The number of carbonyl (C=O) groups is 3. The summed E-state index contributed by atoms with van der Waals surface area (Å²) < 4.78 is 0. The summed E-state index contributed by atoms with van der Waals surface area (Å²) in [5.41, 5.74) is 5.71. The van der Waals surface area contributed by atoms with Gasteiger partial charge in [0.15, 0.2) is 0 Å². The molecular formula is C18H23N3O3. The second-order valence-corrected chi connectivity index (χ2v) is 6.73. The molecule has 1 aromatic carbocycles. The number of amides is 4. The largest absolute Gasteiger partial charge is 0.366 e. The van der Waals surface area contributed by atoms with Gasteiger partial charge in [-0.25, -0.2) is 4.79 Å². The number of hydrogen-bond acceptors (Lipinski definition) is 3. The minimum absolute atomic E-state index is 0.117. The number of rotatable bonds is 3. The molecule has 6 heteroatoms. The van der Waals surface area contributed by atoms with E-state index < -0.39 is 11.4 Å². The molecule has 128 valence electrons. The Morgan fingerprint density at radius 1 is 1.04 bits per heavy atom. The Kier molecular flexibility index (Phi) is 4.55. The van der Waals surface area contributed by atoms with Gasteiger partial charge in [-0.1, -0.05) is 44.2 Å². The molecule has 0 aromatic heterocycles. The molecule has 0 unspecified atom stereocenters. The maximum Gasteiger partial charge on any atom is 0.325 e. The van der Waals surface area contributed by atoms with E-state index in [0.29, 0.717) is 18.4 Å². The van der Waals surface area contributed by atoms with Crippen molar-refractivity contribution < 1.29 is 14.4 Å². The van der Waals surface area contributed by atoms with Crippen LogP contribution in [0.4, 0.5) is 4.79 Å². The Balaban J connectivity index is 1.75. The Hall–Kier alpha value is -2.37. The molecule has 1 aliphatic carbocycles. The van der Waals surface area contributed by atoms with E-state index in [0.717, 1.165) is 31.2 Å². The summed E-state index contributed by atoms with van der Waals surface area (Å²) in [7, 11) is 0. The van der Waals surface area contributed by atoms with E-state index in [1.807, 2.05) is 0 Å². The maximum atomic E-state index is 12.9.